The van der Waals surface area contributed by atoms with Crippen molar-refractivity contribution in [2.45, 2.75) is 70.1 Å². The Hall–Kier alpha value is -2.70. The van der Waals surface area contributed by atoms with E-state index >= 15 is 0 Å². The van der Waals surface area contributed by atoms with Crippen LogP contribution in [0.4, 0.5) is 4.39 Å². The van der Waals surface area contributed by atoms with Gasteiger partial charge < -0.3 is 10.2 Å². The van der Waals surface area contributed by atoms with E-state index in [-0.39, 0.29) is 42.3 Å². The molecule has 2 aromatic rings. The van der Waals surface area contributed by atoms with Crippen LogP contribution in [0.1, 0.15) is 43.2 Å². The summed E-state index contributed by atoms with van der Waals surface area (Å²) in [6, 6.07) is 6.39. The number of hydrogen-bond donors (Lipinski definition) is 1. The van der Waals surface area contributed by atoms with E-state index in [2.05, 4.69) is 10.4 Å². The van der Waals surface area contributed by atoms with Gasteiger partial charge in [-0.15, -0.1) is 0 Å². The number of nitrogens with zero attached hydrogens (tertiary/aromatic N) is 3. The summed E-state index contributed by atoms with van der Waals surface area (Å²) in [6.45, 7) is 2.11. The maximum Gasteiger partial charge on any atom is 0.244 e. The van der Waals surface area contributed by atoms with Crippen molar-refractivity contribution in [1.29, 1.82) is 0 Å². The fourth-order valence-electron chi connectivity index (χ4n) is 4.72. The van der Waals surface area contributed by atoms with Crippen molar-refractivity contribution in [2.24, 2.45) is 0 Å². The minimum Gasteiger partial charge on any atom is -0.351 e. The van der Waals surface area contributed by atoms with Gasteiger partial charge in [-0.05, 0) is 55.9 Å². The Kier molecular flexibility index (Phi) is 5.65. The minimum absolute atomic E-state index is 0.00294. The molecule has 0 saturated carbocycles. The second-order valence-corrected chi connectivity index (χ2v) is 8.23. The van der Waals surface area contributed by atoms with E-state index < -0.39 is 0 Å². The summed E-state index contributed by atoms with van der Waals surface area (Å²) in [4.78, 5) is 27.4. The van der Waals surface area contributed by atoms with E-state index in [1.54, 1.807) is 16.9 Å². The average Bonchev–Trinajstić information content (AvgIpc) is 3.20. The second kappa shape index (κ2) is 8.35. The van der Waals surface area contributed by atoms with Gasteiger partial charge in [0.2, 0.25) is 11.8 Å². The number of benzene rings is 1. The van der Waals surface area contributed by atoms with Crippen LogP contribution in [0.5, 0.6) is 0 Å². The number of amides is 2. The lowest BCUT2D eigenvalue weighted by Crippen LogP contribution is -2.49. The number of hydrogen-bond acceptors (Lipinski definition) is 3. The Morgan fingerprint density at radius 2 is 2.21 bits per heavy atom. The summed E-state index contributed by atoms with van der Waals surface area (Å²) in [6.07, 6.45) is 8.03. The molecule has 0 radical (unpaired) electrons. The van der Waals surface area contributed by atoms with Crippen LogP contribution in [0.15, 0.2) is 36.7 Å². The van der Waals surface area contributed by atoms with Crippen molar-refractivity contribution in [3.63, 3.8) is 0 Å². The molecule has 2 saturated heterocycles. The maximum absolute atomic E-state index is 13.7. The summed E-state index contributed by atoms with van der Waals surface area (Å²) < 4.78 is 15.4. The second-order valence-electron chi connectivity index (χ2n) is 8.23. The van der Waals surface area contributed by atoms with Crippen LogP contribution in [0.3, 0.4) is 0 Å². The number of likely N-dealkylation sites (tertiary alicyclic amines) is 1. The van der Waals surface area contributed by atoms with Gasteiger partial charge in [0.15, 0.2) is 0 Å². The Bertz CT molecular complexity index is 896. The number of aromatic nitrogens is 2. The SMILES string of the molecule is Cc1cnn(CC(=O)N2[C@H](Cc3cccc(F)c3)C[C@@H]3NC(=O)CCCC[C@H]32)c1. The minimum atomic E-state index is -0.273. The molecular formula is C22H27FN4O2. The number of fused-ring (bicyclic) bond motifs is 1. The zero-order valence-corrected chi connectivity index (χ0v) is 16.7. The molecule has 3 heterocycles. The summed E-state index contributed by atoms with van der Waals surface area (Å²) in [5.41, 5.74) is 1.87. The molecule has 3 atom stereocenters. The number of carbonyl (C=O) groups is 2. The lowest BCUT2D eigenvalue weighted by molar-refractivity contribution is -0.136. The maximum atomic E-state index is 13.7. The first-order valence-electron chi connectivity index (χ1n) is 10.3. The van der Waals surface area contributed by atoms with Gasteiger partial charge in [0, 0.05) is 18.7 Å². The van der Waals surface area contributed by atoms with Crippen LogP contribution in [-0.2, 0) is 22.6 Å². The van der Waals surface area contributed by atoms with Crippen molar-refractivity contribution >= 4 is 11.8 Å². The molecular weight excluding hydrogens is 371 g/mol. The fraction of sp³-hybridized carbons (Fsp3) is 0.500. The molecule has 6 nitrogen and oxygen atoms in total. The molecule has 0 unspecified atom stereocenters. The van der Waals surface area contributed by atoms with E-state index in [1.165, 1.54) is 12.1 Å². The van der Waals surface area contributed by atoms with Gasteiger partial charge in [-0.1, -0.05) is 18.6 Å². The highest BCUT2D eigenvalue weighted by molar-refractivity contribution is 5.79. The van der Waals surface area contributed by atoms with Crippen molar-refractivity contribution < 1.29 is 14.0 Å². The third kappa shape index (κ3) is 4.49. The summed E-state index contributed by atoms with van der Waals surface area (Å²) in [5, 5.41) is 7.38. The van der Waals surface area contributed by atoms with Crippen molar-refractivity contribution in [3.8, 4) is 0 Å². The molecule has 0 spiro atoms. The lowest BCUT2D eigenvalue weighted by Gasteiger charge is -2.33. The molecule has 1 aromatic carbocycles. The standard InChI is InChI=1S/C22H27FN4O2/c1-15-12-24-26(13-15)14-22(29)27-18(10-16-5-4-6-17(23)9-16)11-19-20(27)7-2-3-8-21(28)25-19/h4-6,9,12-13,18-20H,2-3,7-8,10-11,14H2,1H3,(H,25,28)/t18-,19+,20-/m1/s1. The molecule has 1 aromatic heterocycles. The summed E-state index contributed by atoms with van der Waals surface area (Å²) in [5.74, 6) is -0.220. The highest BCUT2D eigenvalue weighted by Gasteiger charge is 2.44. The van der Waals surface area contributed by atoms with Crippen LogP contribution in [0, 0.1) is 12.7 Å². The first kappa shape index (κ1) is 19.6. The van der Waals surface area contributed by atoms with Gasteiger partial charge in [0.25, 0.3) is 0 Å². The van der Waals surface area contributed by atoms with Crippen LogP contribution in [0.25, 0.3) is 0 Å². The van der Waals surface area contributed by atoms with Gasteiger partial charge in [-0.3, -0.25) is 14.3 Å². The predicted octanol–water partition coefficient (Wildman–Crippen LogP) is 2.60. The third-order valence-electron chi connectivity index (χ3n) is 5.95. The van der Waals surface area contributed by atoms with Crippen LogP contribution < -0.4 is 5.32 Å². The highest BCUT2D eigenvalue weighted by atomic mass is 19.1. The molecule has 2 amide bonds. The molecule has 0 aliphatic carbocycles. The number of nitrogens with one attached hydrogen (secondary N) is 1. The Morgan fingerprint density at radius 1 is 1.34 bits per heavy atom. The Balaban J connectivity index is 1.59. The average molecular weight is 398 g/mol. The van der Waals surface area contributed by atoms with Crippen molar-refractivity contribution in [1.82, 2.24) is 20.0 Å². The Labute approximate surface area is 170 Å². The highest BCUT2D eigenvalue weighted by Crippen LogP contribution is 2.32. The van der Waals surface area contributed by atoms with Crippen LogP contribution in [0.2, 0.25) is 0 Å². The van der Waals surface area contributed by atoms with Gasteiger partial charge in [0.1, 0.15) is 12.4 Å². The first-order chi connectivity index (χ1) is 14.0. The normalized spacial score (nSPS) is 24.6. The van der Waals surface area contributed by atoms with Gasteiger partial charge in [0.05, 0.1) is 18.3 Å². The molecule has 7 heteroatoms. The molecule has 29 heavy (non-hydrogen) atoms. The first-order valence-corrected chi connectivity index (χ1v) is 10.3. The molecule has 2 aliphatic heterocycles. The van der Waals surface area contributed by atoms with E-state index in [0.29, 0.717) is 19.3 Å². The zero-order chi connectivity index (χ0) is 20.4. The Morgan fingerprint density at radius 3 is 2.97 bits per heavy atom. The van der Waals surface area contributed by atoms with E-state index in [1.807, 2.05) is 24.1 Å². The van der Waals surface area contributed by atoms with Crippen LogP contribution in [-0.4, -0.2) is 44.6 Å². The number of rotatable bonds is 4. The van der Waals surface area contributed by atoms with Gasteiger partial charge >= 0.3 is 0 Å². The molecule has 1 N–H and O–H groups in total. The monoisotopic (exact) mass is 398 g/mol. The lowest BCUT2D eigenvalue weighted by atomic mass is 9.97. The predicted molar refractivity (Wildman–Crippen MR) is 107 cm³/mol. The molecule has 154 valence electrons. The number of halogens is 1. The molecule has 2 fully saturated rings. The zero-order valence-electron chi connectivity index (χ0n) is 16.7. The van der Waals surface area contributed by atoms with Crippen molar-refractivity contribution in [2.75, 3.05) is 0 Å². The van der Waals surface area contributed by atoms with Gasteiger partial charge in [-0.2, -0.15) is 5.10 Å². The number of aryl methyl sites for hydroxylation is 1. The van der Waals surface area contributed by atoms with E-state index in [9.17, 15) is 14.0 Å². The smallest absolute Gasteiger partial charge is 0.244 e. The topological polar surface area (TPSA) is 67.2 Å². The van der Waals surface area contributed by atoms with Crippen LogP contribution >= 0.6 is 0 Å². The number of carbonyl (C=O) groups excluding carboxylic acids is 2. The molecule has 2 aliphatic rings. The fourth-order valence-corrected chi connectivity index (χ4v) is 4.72. The molecule has 4 rings (SSSR count). The third-order valence-corrected chi connectivity index (χ3v) is 5.95. The van der Waals surface area contributed by atoms with Gasteiger partial charge in [-0.25, -0.2) is 4.39 Å². The van der Waals surface area contributed by atoms with E-state index in [4.69, 9.17) is 0 Å². The molecule has 0 bridgehead atoms. The quantitative estimate of drug-likeness (QED) is 0.861. The summed E-state index contributed by atoms with van der Waals surface area (Å²) >= 11 is 0. The van der Waals surface area contributed by atoms with Crippen molar-refractivity contribution in [3.05, 3.63) is 53.6 Å². The van der Waals surface area contributed by atoms with E-state index in [0.717, 1.165) is 30.4 Å². The summed E-state index contributed by atoms with van der Waals surface area (Å²) in [7, 11) is 0. The largest absolute Gasteiger partial charge is 0.351 e.